The standard InChI is InChI=1S/C28H41ClN4O2/c1-8-33-18(3)13-17(2)25(28(33)35)16-30-27(34)24-14-22(29)15-26(19(24)4)31-20(5)21-9-11-23(12-10-21)32(6)7/h13-15,20-21,23,31H,8-12,16H2,1-7H3,(H,30,34)/t20?,21-,23-. The lowest BCUT2D eigenvalue weighted by atomic mass is 9.81. The van der Waals surface area contributed by atoms with Gasteiger partial charge in [0.15, 0.2) is 0 Å². The molecular formula is C28H41ClN4O2. The van der Waals surface area contributed by atoms with E-state index in [0.717, 1.165) is 22.5 Å². The van der Waals surface area contributed by atoms with Gasteiger partial charge in [-0.1, -0.05) is 11.6 Å². The highest BCUT2D eigenvalue weighted by atomic mass is 35.5. The summed E-state index contributed by atoms with van der Waals surface area (Å²) in [6.45, 7) is 10.7. The maximum Gasteiger partial charge on any atom is 0.255 e. The molecule has 35 heavy (non-hydrogen) atoms. The number of benzene rings is 1. The molecular weight excluding hydrogens is 460 g/mol. The molecule has 1 aromatic carbocycles. The van der Waals surface area contributed by atoms with Crippen molar-refractivity contribution in [1.29, 1.82) is 0 Å². The van der Waals surface area contributed by atoms with Crippen LogP contribution in [0.5, 0.6) is 0 Å². The van der Waals surface area contributed by atoms with Crippen LogP contribution in [0.1, 0.15) is 72.3 Å². The molecule has 1 aliphatic rings. The zero-order chi connectivity index (χ0) is 25.9. The fourth-order valence-electron chi connectivity index (χ4n) is 5.39. The first kappa shape index (κ1) is 27.3. The SMILES string of the molecule is CCn1c(C)cc(C)c(CNC(=O)c2cc(Cl)cc(NC(C)[C@H]3CC[C@H](N(C)C)CC3)c2C)c1=O. The van der Waals surface area contributed by atoms with Gasteiger partial charge < -0.3 is 20.1 Å². The van der Waals surface area contributed by atoms with E-state index in [9.17, 15) is 9.59 Å². The van der Waals surface area contributed by atoms with E-state index in [1.54, 1.807) is 10.6 Å². The molecule has 192 valence electrons. The van der Waals surface area contributed by atoms with Gasteiger partial charge in [0.05, 0.1) is 0 Å². The molecule has 2 aromatic rings. The number of nitrogens with one attached hydrogen (secondary N) is 2. The molecule has 1 amide bonds. The number of halogens is 1. The minimum atomic E-state index is -0.227. The van der Waals surface area contributed by atoms with Crippen molar-refractivity contribution in [2.75, 3.05) is 19.4 Å². The Bertz CT molecular complexity index is 1120. The Balaban J connectivity index is 1.73. The molecule has 7 heteroatoms. The summed E-state index contributed by atoms with van der Waals surface area (Å²) in [4.78, 5) is 28.4. The van der Waals surface area contributed by atoms with Gasteiger partial charge in [-0.2, -0.15) is 0 Å². The van der Waals surface area contributed by atoms with Crippen LogP contribution in [0.3, 0.4) is 0 Å². The second-order valence-electron chi connectivity index (χ2n) is 10.3. The number of aryl methyl sites for hydroxylation is 2. The molecule has 1 saturated carbocycles. The van der Waals surface area contributed by atoms with E-state index in [4.69, 9.17) is 11.6 Å². The zero-order valence-electron chi connectivity index (χ0n) is 22.3. The highest BCUT2D eigenvalue weighted by Gasteiger charge is 2.27. The van der Waals surface area contributed by atoms with Crippen LogP contribution in [-0.2, 0) is 13.1 Å². The summed E-state index contributed by atoms with van der Waals surface area (Å²) in [7, 11) is 4.32. The molecule has 1 fully saturated rings. The van der Waals surface area contributed by atoms with Crippen LogP contribution in [0.15, 0.2) is 23.0 Å². The van der Waals surface area contributed by atoms with Crippen LogP contribution >= 0.6 is 11.6 Å². The van der Waals surface area contributed by atoms with Gasteiger partial charge in [-0.3, -0.25) is 9.59 Å². The van der Waals surface area contributed by atoms with Gasteiger partial charge in [0.1, 0.15) is 0 Å². The minimum absolute atomic E-state index is 0.0479. The number of carbonyl (C=O) groups is 1. The van der Waals surface area contributed by atoms with E-state index < -0.39 is 0 Å². The predicted molar refractivity (Wildman–Crippen MR) is 146 cm³/mol. The first-order valence-electron chi connectivity index (χ1n) is 12.7. The maximum atomic E-state index is 13.2. The number of anilines is 1. The van der Waals surface area contributed by atoms with Crippen LogP contribution in [0, 0.1) is 26.7 Å². The maximum absolute atomic E-state index is 13.2. The number of hydrogen-bond donors (Lipinski definition) is 2. The van der Waals surface area contributed by atoms with E-state index in [0.29, 0.717) is 34.7 Å². The highest BCUT2D eigenvalue weighted by molar-refractivity contribution is 6.31. The summed E-state index contributed by atoms with van der Waals surface area (Å²) in [5.74, 6) is 0.363. The fraction of sp³-hybridized carbons (Fsp3) is 0.571. The van der Waals surface area contributed by atoms with Crippen LogP contribution in [0.25, 0.3) is 0 Å². The third-order valence-electron chi connectivity index (χ3n) is 7.75. The van der Waals surface area contributed by atoms with Crippen LogP contribution in [-0.4, -0.2) is 41.6 Å². The van der Waals surface area contributed by atoms with E-state index in [1.165, 1.54) is 25.7 Å². The van der Waals surface area contributed by atoms with Gasteiger partial charge in [0.2, 0.25) is 0 Å². The molecule has 0 radical (unpaired) electrons. The Morgan fingerprint density at radius 3 is 2.40 bits per heavy atom. The number of rotatable bonds is 8. The minimum Gasteiger partial charge on any atom is -0.382 e. The smallest absolute Gasteiger partial charge is 0.255 e. The van der Waals surface area contributed by atoms with Gasteiger partial charge in [-0.25, -0.2) is 0 Å². The van der Waals surface area contributed by atoms with Crippen molar-refractivity contribution < 1.29 is 4.79 Å². The highest BCUT2D eigenvalue weighted by Crippen LogP contribution is 2.32. The van der Waals surface area contributed by atoms with E-state index in [1.807, 2.05) is 39.8 Å². The molecule has 0 bridgehead atoms. The number of hydrogen-bond acceptors (Lipinski definition) is 4. The van der Waals surface area contributed by atoms with Gasteiger partial charge >= 0.3 is 0 Å². The van der Waals surface area contributed by atoms with Crippen LogP contribution < -0.4 is 16.2 Å². The molecule has 6 nitrogen and oxygen atoms in total. The number of carbonyl (C=O) groups excluding carboxylic acids is 1. The molecule has 1 aromatic heterocycles. The molecule has 0 aliphatic heterocycles. The van der Waals surface area contributed by atoms with Crippen molar-refractivity contribution in [3.63, 3.8) is 0 Å². The summed E-state index contributed by atoms with van der Waals surface area (Å²) in [5, 5.41) is 7.11. The zero-order valence-corrected chi connectivity index (χ0v) is 23.1. The predicted octanol–water partition coefficient (Wildman–Crippen LogP) is 5.30. The summed E-state index contributed by atoms with van der Waals surface area (Å²) < 4.78 is 1.73. The Morgan fingerprint density at radius 2 is 1.80 bits per heavy atom. The van der Waals surface area contributed by atoms with E-state index in [-0.39, 0.29) is 24.1 Å². The lowest BCUT2D eigenvalue weighted by Gasteiger charge is -2.36. The van der Waals surface area contributed by atoms with Gasteiger partial charge in [-0.05, 0) is 110 Å². The molecule has 1 unspecified atom stereocenters. The first-order valence-corrected chi connectivity index (χ1v) is 13.1. The number of pyridine rings is 1. The van der Waals surface area contributed by atoms with Crippen molar-refractivity contribution in [2.45, 2.75) is 85.5 Å². The van der Waals surface area contributed by atoms with Gasteiger partial charge in [0, 0.05) is 52.7 Å². The van der Waals surface area contributed by atoms with Crippen molar-refractivity contribution in [1.82, 2.24) is 14.8 Å². The Kier molecular flexibility index (Phi) is 9.05. The second kappa shape index (κ2) is 11.6. The normalized spacial score (nSPS) is 19.0. The monoisotopic (exact) mass is 500 g/mol. The van der Waals surface area contributed by atoms with Crippen LogP contribution in [0.2, 0.25) is 5.02 Å². The van der Waals surface area contributed by atoms with Crippen molar-refractivity contribution >= 4 is 23.2 Å². The van der Waals surface area contributed by atoms with Gasteiger partial charge in [-0.15, -0.1) is 0 Å². The molecule has 0 saturated heterocycles. The third-order valence-corrected chi connectivity index (χ3v) is 7.97. The van der Waals surface area contributed by atoms with Crippen molar-refractivity contribution in [3.05, 3.63) is 61.5 Å². The Labute approximate surface area is 215 Å². The molecule has 0 spiro atoms. The van der Waals surface area contributed by atoms with Crippen LogP contribution in [0.4, 0.5) is 5.69 Å². The number of amides is 1. The lowest BCUT2D eigenvalue weighted by molar-refractivity contribution is 0.0950. The molecule has 2 N–H and O–H groups in total. The number of aromatic nitrogens is 1. The summed E-state index contributed by atoms with van der Waals surface area (Å²) in [5.41, 5.74) is 4.68. The van der Waals surface area contributed by atoms with Crippen molar-refractivity contribution in [3.8, 4) is 0 Å². The van der Waals surface area contributed by atoms with Crippen molar-refractivity contribution in [2.24, 2.45) is 5.92 Å². The van der Waals surface area contributed by atoms with E-state index in [2.05, 4.69) is 36.6 Å². The summed E-state index contributed by atoms with van der Waals surface area (Å²) >= 11 is 6.43. The second-order valence-corrected chi connectivity index (χ2v) is 10.7. The Hall–Kier alpha value is -2.31. The average molecular weight is 501 g/mol. The first-order chi connectivity index (χ1) is 16.5. The molecule has 3 rings (SSSR count). The van der Waals surface area contributed by atoms with Gasteiger partial charge in [0.25, 0.3) is 11.5 Å². The molecule has 1 heterocycles. The average Bonchev–Trinajstić information content (AvgIpc) is 2.80. The number of nitrogens with zero attached hydrogens (tertiary/aromatic N) is 2. The quantitative estimate of drug-likeness (QED) is 0.516. The summed E-state index contributed by atoms with van der Waals surface area (Å²) in [6.07, 6.45) is 4.80. The van der Waals surface area contributed by atoms with E-state index >= 15 is 0 Å². The Morgan fingerprint density at radius 1 is 1.14 bits per heavy atom. The topological polar surface area (TPSA) is 66.4 Å². The lowest BCUT2D eigenvalue weighted by Crippen LogP contribution is -2.36. The summed E-state index contributed by atoms with van der Waals surface area (Å²) in [6, 6.07) is 6.55. The molecule has 1 atom stereocenters. The third kappa shape index (κ3) is 6.28. The largest absolute Gasteiger partial charge is 0.382 e. The molecule has 1 aliphatic carbocycles. The fourth-order valence-corrected chi connectivity index (χ4v) is 5.61.